The van der Waals surface area contributed by atoms with Crippen molar-refractivity contribution in [3.05, 3.63) is 0 Å². The average Bonchev–Trinajstić information content (AvgIpc) is 2.54. The molecule has 0 radical (unpaired) electrons. The van der Waals surface area contributed by atoms with E-state index >= 15 is 0 Å². The van der Waals surface area contributed by atoms with Crippen LogP contribution in [0.15, 0.2) is 0 Å². The summed E-state index contributed by atoms with van der Waals surface area (Å²) in [4.78, 5) is 0. The Bertz CT molecular complexity index is 183. The maximum Gasteiger partial charge on any atom is 0.0653 e. The number of hydrogen-bond donors (Lipinski definition) is 1. The number of aliphatic hydroxyl groups is 1. The second kappa shape index (κ2) is 1.82. The quantitative estimate of drug-likeness (QED) is 0.614. The van der Waals surface area contributed by atoms with Crippen LogP contribution in [-0.2, 0) is 0 Å². The van der Waals surface area contributed by atoms with Crippen molar-refractivity contribution in [2.24, 2.45) is 17.3 Å². The number of hydrogen-bond acceptors (Lipinski definition) is 1. The van der Waals surface area contributed by atoms with Gasteiger partial charge in [0.05, 0.1) is 5.60 Å². The second-order valence-electron chi connectivity index (χ2n) is 5.00. The molecule has 2 aliphatic rings. The highest BCUT2D eigenvalue weighted by Gasteiger charge is 2.67. The average molecular weight is 154 g/mol. The summed E-state index contributed by atoms with van der Waals surface area (Å²) in [7, 11) is 0. The molecule has 2 rings (SSSR count). The summed E-state index contributed by atoms with van der Waals surface area (Å²) in [5.41, 5.74) is 0.216. The fourth-order valence-electron chi connectivity index (χ4n) is 3.02. The molecule has 0 saturated heterocycles. The summed E-state index contributed by atoms with van der Waals surface area (Å²) in [6.45, 7) is 6.59. The van der Waals surface area contributed by atoms with Gasteiger partial charge in [-0.2, -0.15) is 0 Å². The van der Waals surface area contributed by atoms with E-state index in [1.807, 2.05) is 6.92 Å². The molecule has 1 heteroatoms. The molecule has 3 atom stereocenters. The Labute approximate surface area is 68.8 Å². The van der Waals surface area contributed by atoms with E-state index in [1.165, 1.54) is 12.8 Å². The molecule has 1 unspecified atom stereocenters. The summed E-state index contributed by atoms with van der Waals surface area (Å²) < 4.78 is 0. The third-order valence-corrected chi connectivity index (χ3v) is 4.12. The van der Waals surface area contributed by atoms with Crippen molar-refractivity contribution in [2.75, 3.05) is 0 Å². The normalized spacial score (nSPS) is 54.8. The first-order valence-corrected chi connectivity index (χ1v) is 4.71. The Morgan fingerprint density at radius 2 is 2.00 bits per heavy atom. The largest absolute Gasteiger partial charge is 0.390 e. The molecular weight excluding hydrogens is 136 g/mol. The van der Waals surface area contributed by atoms with E-state index < -0.39 is 0 Å². The molecule has 1 nitrogen and oxygen atoms in total. The molecule has 1 N–H and O–H groups in total. The first-order chi connectivity index (χ1) is 4.99. The lowest BCUT2D eigenvalue weighted by Crippen LogP contribution is -2.23. The van der Waals surface area contributed by atoms with Crippen molar-refractivity contribution in [3.63, 3.8) is 0 Å². The van der Waals surface area contributed by atoms with Crippen molar-refractivity contribution >= 4 is 0 Å². The molecule has 2 saturated carbocycles. The highest BCUT2D eigenvalue weighted by molar-refractivity contribution is 5.16. The van der Waals surface area contributed by atoms with Gasteiger partial charge in [0.25, 0.3) is 0 Å². The van der Waals surface area contributed by atoms with E-state index in [0.717, 1.165) is 12.3 Å². The van der Waals surface area contributed by atoms with E-state index in [0.29, 0.717) is 11.3 Å². The molecule has 2 aliphatic carbocycles. The Hall–Kier alpha value is -0.0400. The maximum atomic E-state index is 9.92. The lowest BCUT2D eigenvalue weighted by molar-refractivity contribution is 0.0426. The molecule has 0 aliphatic heterocycles. The monoisotopic (exact) mass is 154 g/mol. The summed E-state index contributed by atoms with van der Waals surface area (Å²) in [5, 5.41) is 9.92. The van der Waals surface area contributed by atoms with Crippen molar-refractivity contribution in [2.45, 2.75) is 45.6 Å². The van der Waals surface area contributed by atoms with Crippen LogP contribution in [0.5, 0.6) is 0 Å². The predicted molar refractivity (Wildman–Crippen MR) is 45.2 cm³/mol. The van der Waals surface area contributed by atoms with Gasteiger partial charge in [-0.3, -0.25) is 0 Å². The zero-order chi connectivity index (χ0) is 8.28. The van der Waals surface area contributed by atoms with Crippen LogP contribution >= 0.6 is 0 Å². The fraction of sp³-hybridized carbons (Fsp3) is 1.00. The Kier molecular flexibility index (Phi) is 1.26. The predicted octanol–water partition coefficient (Wildman–Crippen LogP) is 2.19. The minimum atomic E-state index is -0.329. The summed E-state index contributed by atoms with van der Waals surface area (Å²) >= 11 is 0. The van der Waals surface area contributed by atoms with Crippen molar-refractivity contribution in [1.29, 1.82) is 0 Å². The van der Waals surface area contributed by atoms with Crippen LogP contribution in [0.4, 0.5) is 0 Å². The first-order valence-electron chi connectivity index (χ1n) is 4.71. The van der Waals surface area contributed by atoms with Gasteiger partial charge >= 0.3 is 0 Å². The minimum absolute atomic E-state index is 0.329. The second-order valence-corrected chi connectivity index (χ2v) is 5.00. The van der Waals surface area contributed by atoms with Crippen LogP contribution in [0.2, 0.25) is 0 Å². The maximum absolute atomic E-state index is 9.92. The van der Waals surface area contributed by atoms with Crippen molar-refractivity contribution in [3.8, 4) is 0 Å². The zero-order valence-corrected chi connectivity index (χ0v) is 7.72. The third kappa shape index (κ3) is 0.807. The lowest BCUT2D eigenvalue weighted by atomic mass is 9.90. The molecule has 0 heterocycles. The van der Waals surface area contributed by atoms with E-state index in [1.54, 1.807) is 0 Å². The van der Waals surface area contributed by atoms with E-state index in [4.69, 9.17) is 0 Å². The highest BCUT2D eigenvalue weighted by Crippen LogP contribution is 2.70. The van der Waals surface area contributed by atoms with Gasteiger partial charge in [-0.15, -0.1) is 0 Å². The van der Waals surface area contributed by atoms with E-state index in [-0.39, 0.29) is 5.60 Å². The summed E-state index contributed by atoms with van der Waals surface area (Å²) in [6.07, 6.45) is 3.55. The van der Waals surface area contributed by atoms with Gasteiger partial charge in [0.1, 0.15) is 0 Å². The van der Waals surface area contributed by atoms with Crippen LogP contribution in [0.3, 0.4) is 0 Å². The Morgan fingerprint density at radius 3 is 2.18 bits per heavy atom. The van der Waals surface area contributed by atoms with Gasteiger partial charge in [0.15, 0.2) is 0 Å². The van der Waals surface area contributed by atoms with Gasteiger partial charge < -0.3 is 5.11 Å². The molecule has 0 aromatic carbocycles. The number of rotatable bonds is 1. The molecule has 0 bridgehead atoms. The highest BCUT2D eigenvalue weighted by atomic mass is 16.3. The molecule has 11 heavy (non-hydrogen) atoms. The molecule has 0 amide bonds. The van der Waals surface area contributed by atoms with Crippen LogP contribution in [-0.4, -0.2) is 10.7 Å². The molecule has 0 aromatic heterocycles. The van der Waals surface area contributed by atoms with Crippen LogP contribution in [0.25, 0.3) is 0 Å². The van der Waals surface area contributed by atoms with Gasteiger partial charge in [-0.25, -0.2) is 0 Å². The fourth-order valence-corrected chi connectivity index (χ4v) is 3.02. The Balaban J connectivity index is 2.17. The molecule has 0 aromatic rings. The standard InChI is InChI=1S/C10H18O/c1-7(2)10-5-4-9(3,11)8(10)6-10/h7-8,11H,4-6H2,1-3H3/t8-,9?,10-/m0/s1. The summed E-state index contributed by atoms with van der Waals surface area (Å²) in [5.74, 6) is 1.39. The lowest BCUT2D eigenvalue weighted by Gasteiger charge is -2.17. The van der Waals surface area contributed by atoms with Gasteiger partial charge in [0, 0.05) is 0 Å². The van der Waals surface area contributed by atoms with Crippen LogP contribution in [0, 0.1) is 17.3 Å². The first kappa shape index (κ1) is 7.60. The summed E-state index contributed by atoms with van der Waals surface area (Å²) in [6, 6.07) is 0. The van der Waals surface area contributed by atoms with Crippen LogP contribution < -0.4 is 0 Å². The molecule has 64 valence electrons. The van der Waals surface area contributed by atoms with Crippen molar-refractivity contribution < 1.29 is 5.11 Å². The SMILES string of the molecule is CC(C)[C@@]12CCC(C)(O)[C@@H]1C2. The topological polar surface area (TPSA) is 20.2 Å². The van der Waals surface area contributed by atoms with Crippen molar-refractivity contribution in [1.82, 2.24) is 0 Å². The number of fused-ring (bicyclic) bond motifs is 1. The van der Waals surface area contributed by atoms with Crippen LogP contribution in [0.1, 0.15) is 40.0 Å². The van der Waals surface area contributed by atoms with E-state index in [9.17, 15) is 5.11 Å². The van der Waals surface area contributed by atoms with E-state index in [2.05, 4.69) is 13.8 Å². The third-order valence-electron chi connectivity index (χ3n) is 4.12. The van der Waals surface area contributed by atoms with Gasteiger partial charge in [0.2, 0.25) is 0 Å². The molecular formula is C10H18O. The van der Waals surface area contributed by atoms with Gasteiger partial charge in [-0.05, 0) is 43.4 Å². The van der Waals surface area contributed by atoms with Gasteiger partial charge in [-0.1, -0.05) is 13.8 Å². The zero-order valence-electron chi connectivity index (χ0n) is 7.72. The molecule has 0 spiro atoms. The smallest absolute Gasteiger partial charge is 0.0653 e. The molecule has 2 fully saturated rings. The minimum Gasteiger partial charge on any atom is -0.390 e. The Morgan fingerprint density at radius 1 is 1.36 bits per heavy atom.